The van der Waals surface area contributed by atoms with E-state index in [0.29, 0.717) is 5.75 Å². The second kappa shape index (κ2) is 8.61. The maximum absolute atomic E-state index is 10.8. The molecule has 5 heteroatoms. The second-order valence-electron chi connectivity index (χ2n) is 10.7. The molecule has 5 nitrogen and oxygen atoms in total. The largest absolute Gasteiger partial charge is 0.504 e. The average Bonchev–Trinajstić information content (AvgIpc) is 3.59. The number of aliphatic hydroxyl groups is 1. The Morgan fingerprint density at radius 2 is 1.91 bits per heavy atom. The summed E-state index contributed by atoms with van der Waals surface area (Å²) >= 11 is 0. The van der Waals surface area contributed by atoms with Gasteiger partial charge in [0.25, 0.3) is 0 Å². The topological polar surface area (TPSA) is 65.0 Å². The van der Waals surface area contributed by atoms with Crippen molar-refractivity contribution in [1.29, 1.82) is 0 Å². The van der Waals surface area contributed by atoms with Crippen molar-refractivity contribution < 1.29 is 14.9 Å². The Hall–Kier alpha value is -2.08. The molecule has 4 aliphatic rings. The summed E-state index contributed by atoms with van der Waals surface area (Å²) in [6, 6.07) is 14.9. The standard InChI is InChI=1S/C28H36N2O3/c31-18-22-15-21-10-11-24(32)26-25(21)28(13-14-30(22)17-20-8-9-20)12-4-7-23(27(28)33-26)29-16-19-5-2-1-3-6-19/h1-3,5-6,10-11,20,22-23,27,29,31-32H,4,7-9,12-18H2. The maximum Gasteiger partial charge on any atom is 0.165 e. The Kier molecular flexibility index (Phi) is 5.60. The van der Waals surface area contributed by atoms with Crippen LogP contribution in [0.15, 0.2) is 42.5 Å². The number of phenols is 1. The Bertz CT molecular complexity index is 992. The number of aromatic hydroxyl groups is 1. The van der Waals surface area contributed by atoms with E-state index in [-0.39, 0.29) is 36.0 Å². The molecule has 176 valence electrons. The number of hydrogen-bond donors (Lipinski definition) is 3. The quantitative estimate of drug-likeness (QED) is 0.628. The smallest absolute Gasteiger partial charge is 0.165 e. The highest BCUT2D eigenvalue weighted by atomic mass is 16.5. The van der Waals surface area contributed by atoms with E-state index in [1.165, 1.54) is 29.5 Å². The lowest BCUT2D eigenvalue weighted by Crippen LogP contribution is -2.57. The minimum absolute atomic E-state index is 0.0328. The van der Waals surface area contributed by atoms with Crippen molar-refractivity contribution in [2.24, 2.45) is 5.92 Å². The van der Waals surface area contributed by atoms with Crippen molar-refractivity contribution in [3.8, 4) is 11.5 Å². The number of nitrogens with zero attached hydrogens (tertiary/aromatic N) is 1. The first-order chi connectivity index (χ1) is 16.2. The summed E-state index contributed by atoms with van der Waals surface area (Å²) in [7, 11) is 0. The van der Waals surface area contributed by atoms with E-state index in [4.69, 9.17) is 4.74 Å². The first-order valence-electron chi connectivity index (χ1n) is 12.8. The van der Waals surface area contributed by atoms with Crippen LogP contribution in [0.2, 0.25) is 0 Å². The Morgan fingerprint density at radius 3 is 2.70 bits per heavy atom. The van der Waals surface area contributed by atoms with Gasteiger partial charge in [-0.1, -0.05) is 42.8 Å². The molecule has 0 radical (unpaired) electrons. The van der Waals surface area contributed by atoms with Gasteiger partial charge in [0, 0.05) is 36.2 Å². The fourth-order valence-electron chi connectivity index (χ4n) is 6.76. The molecule has 4 atom stereocenters. The third-order valence-corrected chi connectivity index (χ3v) is 8.64. The molecule has 6 rings (SSSR count). The van der Waals surface area contributed by atoms with E-state index in [1.807, 2.05) is 0 Å². The van der Waals surface area contributed by atoms with Gasteiger partial charge >= 0.3 is 0 Å². The highest BCUT2D eigenvalue weighted by Crippen LogP contribution is 2.57. The molecule has 1 spiro atoms. The van der Waals surface area contributed by atoms with Gasteiger partial charge in [-0.25, -0.2) is 0 Å². The lowest BCUT2D eigenvalue weighted by atomic mass is 9.63. The van der Waals surface area contributed by atoms with E-state index in [9.17, 15) is 10.2 Å². The van der Waals surface area contributed by atoms with Crippen LogP contribution in [0.1, 0.15) is 55.2 Å². The maximum atomic E-state index is 10.8. The molecule has 2 saturated carbocycles. The van der Waals surface area contributed by atoms with Gasteiger partial charge in [-0.3, -0.25) is 4.90 Å². The summed E-state index contributed by atoms with van der Waals surface area (Å²) in [5.41, 5.74) is 3.71. The lowest BCUT2D eigenvalue weighted by Gasteiger charge is -2.46. The molecule has 2 aromatic rings. The van der Waals surface area contributed by atoms with E-state index in [0.717, 1.165) is 57.7 Å². The molecule has 0 amide bonds. The third-order valence-electron chi connectivity index (χ3n) is 8.64. The summed E-state index contributed by atoms with van der Waals surface area (Å²) in [5, 5.41) is 24.9. The highest BCUT2D eigenvalue weighted by Gasteiger charge is 2.56. The van der Waals surface area contributed by atoms with Crippen LogP contribution in [0, 0.1) is 5.92 Å². The normalized spacial score (nSPS) is 31.2. The minimum atomic E-state index is -0.0712. The van der Waals surface area contributed by atoms with Gasteiger partial charge in [0.05, 0.1) is 6.61 Å². The number of hydrogen-bond acceptors (Lipinski definition) is 5. The van der Waals surface area contributed by atoms with Gasteiger partial charge in [0.2, 0.25) is 0 Å². The molecule has 4 unspecified atom stereocenters. The summed E-state index contributed by atoms with van der Waals surface area (Å²) in [6.45, 7) is 3.10. The van der Waals surface area contributed by atoms with Gasteiger partial charge in [0.15, 0.2) is 11.5 Å². The zero-order valence-electron chi connectivity index (χ0n) is 19.4. The molecule has 33 heavy (non-hydrogen) atoms. The monoisotopic (exact) mass is 448 g/mol. The average molecular weight is 449 g/mol. The van der Waals surface area contributed by atoms with Gasteiger partial charge in [-0.15, -0.1) is 0 Å². The number of nitrogens with one attached hydrogen (secondary N) is 1. The van der Waals surface area contributed by atoms with Crippen molar-refractivity contribution in [1.82, 2.24) is 10.2 Å². The van der Waals surface area contributed by atoms with Gasteiger partial charge in [-0.05, 0) is 68.2 Å². The second-order valence-corrected chi connectivity index (χ2v) is 10.7. The van der Waals surface area contributed by atoms with E-state index < -0.39 is 0 Å². The van der Waals surface area contributed by atoms with E-state index in [2.05, 4.69) is 46.6 Å². The van der Waals surface area contributed by atoms with Gasteiger partial charge in [0.1, 0.15) is 6.10 Å². The molecule has 2 aliphatic carbocycles. The van der Waals surface area contributed by atoms with Crippen molar-refractivity contribution in [2.75, 3.05) is 19.7 Å². The number of benzene rings is 2. The van der Waals surface area contributed by atoms with Crippen LogP contribution < -0.4 is 10.1 Å². The summed E-state index contributed by atoms with van der Waals surface area (Å²) in [4.78, 5) is 2.55. The first kappa shape index (κ1) is 21.5. The Balaban J connectivity index is 1.34. The highest BCUT2D eigenvalue weighted by molar-refractivity contribution is 5.58. The molecule has 2 heterocycles. The minimum Gasteiger partial charge on any atom is -0.504 e. The van der Waals surface area contributed by atoms with Crippen LogP contribution in [-0.4, -0.2) is 53.0 Å². The first-order valence-corrected chi connectivity index (χ1v) is 12.8. The summed E-state index contributed by atoms with van der Waals surface area (Å²) < 4.78 is 6.67. The fraction of sp³-hybridized carbons (Fsp3) is 0.571. The van der Waals surface area contributed by atoms with Crippen LogP contribution in [0.3, 0.4) is 0 Å². The lowest BCUT2D eigenvalue weighted by molar-refractivity contribution is 0.0375. The molecule has 0 saturated heterocycles. The fourth-order valence-corrected chi connectivity index (χ4v) is 6.76. The molecule has 3 N–H and O–H groups in total. The third kappa shape index (κ3) is 3.84. The van der Waals surface area contributed by atoms with Crippen LogP contribution in [0.25, 0.3) is 0 Å². The van der Waals surface area contributed by atoms with Crippen LogP contribution in [-0.2, 0) is 18.4 Å². The van der Waals surface area contributed by atoms with Gasteiger partial charge < -0.3 is 20.3 Å². The van der Waals surface area contributed by atoms with Crippen LogP contribution in [0.4, 0.5) is 0 Å². The zero-order valence-corrected chi connectivity index (χ0v) is 19.4. The van der Waals surface area contributed by atoms with E-state index in [1.54, 1.807) is 6.07 Å². The molecular formula is C28H36N2O3. The molecule has 2 aliphatic heterocycles. The summed E-state index contributed by atoms with van der Waals surface area (Å²) in [6.07, 6.45) is 7.88. The molecular weight excluding hydrogens is 412 g/mol. The molecule has 0 aromatic heterocycles. The number of rotatable bonds is 6. The Labute approximate surface area is 196 Å². The van der Waals surface area contributed by atoms with Crippen molar-refractivity contribution in [3.63, 3.8) is 0 Å². The predicted molar refractivity (Wildman–Crippen MR) is 129 cm³/mol. The zero-order chi connectivity index (χ0) is 22.4. The van der Waals surface area contributed by atoms with Crippen LogP contribution in [0.5, 0.6) is 11.5 Å². The van der Waals surface area contributed by atoms with Crippen molar-refractivity contribution in [2.45, 2.75) is 75.1 Å². The van der Waals surface area contributed by atoms with Crippen molar-refractivity contribution in [3.05, 3.63) is 59.2 Å². The Morgan fingerprint density at radius 1 is 1.06 bits per heavy atom. The number of ether oxygens (including phenoxy) is 1. The summed E-state index contributed by atoms with van der Waals surface area (Å²) in [5.74, 6) is 1.77. The van der Waals surface area contributed by atoms with Crippen LogP contribution >= 0.6 is 0 Å². The van der Waals surface area contributed by atoms with Gasteiger partial charge in [-0.2, -0.15) is 0 Å². The van der Waals surface area contributed by atoms with E-state index >= 15 is 0 Å². The SMILES string of the molecule is OCC1Cc2ccc(O)c3c2C2(CCCC(NCc4ccccc4)C2O3)CCN1CC1CC1. The van der Waals surface area contributed by atoms with Crippen molar-refractivity contribution >= 4 is 0 Å². The molecule has 2 fully saturated rings. The number of aliphatic hydroxyl groups excluding tert-OH is 1. The number of phenolic OH excluding ortho intramolecular Hbond substituents is 1. The molecule has 2 aromatic carbocycles. The molecule has 0 bridgehead atoms. The predicted octanol–water partition coefficient (Wildman–Crippen LogP) is 3.75.